The Labute approximate surface area is 93.0 Å². The lowest BCUT2D eigenvalue weighted by Gasteiger charge is -2.40. The summed E-state index contributed by atoms with van der Waals surface area (Å²) in [4.78, 5) is 0. The van der Waals surface area contributed by atoms with Crippen LogP contribution in [0.4, 0.5) is 0 Å². The number of rotatable bonds is 5. The van der Waals surface area contributed by atoms with Gasteiger partial charge < -0.3 is 9.84 Å². The fourth-order valence-electron chi connectivity index (χ4n) is 2.48. The van der Waals surface area contributed by atoms with Crippen molar-refractivity contribution < 1.29 is 9.84 Å². The number of aliphatic hydroxyl groups is 1. The molecule has 0 aromatic rings. The van der Waals surface area contributed by atoms with E-state index >= 15 is 0 Å². The zero-order valence-corrected chi connectivity index (χ0v) is 9.67. The minimum atomic E-state index is -0.351. The van der Waals surface area contributed by atoms with Crippen molar-refractivity contribution in [3.05, 3.63) is 0 Å². The van der Waals surface area contributed by atoms with Gasteiger partial charge in [0.05, 0.1) is 11.7 Å². The summed E-state index contributed by atoms with van der Waals surface area (Å²) in [7, 11) is 1.72. The molecule has 1 atom stereocenters. The normalized spacial score (nSPS) is 21.9. The number of hydrogen-bond acceptors (Lipinski definition) is 2. The molecule has 0 amide bonds. The Morgan fingerprint density at radius 1 is 1.40 bits per heavy atom. The minimum Gasteiger partial charge on any atom is -0.390 e. The average Bonchev–Trinajstić information content (AvgIpc) is 2.30. The molecule has 1 N–H and O–H groups in total. The molecule has 1 saturated carbocycles. The van der Waals surface area contributed by atoms with Crippen molar-refractivity contribution in [2.45, 2.75) is 63.1 Å². The second kappa shape index (κ2) is 6.15. The van der Waals surface area contributed by atoms with Crippen molar-refractivity contribution in [3.63, 3.8) is 0 Å². The van der Waals surface area contributed by atoms with E-state index in [9.17, 15) is 5.11 Å². The van der Waals surface area contributed by atoms with Crippen LogP contribution in [0.1, 0.15) is 51.4 Å². The molecule has 0 aromatic heterocycles. The van der Waals surface area contributed by atoms with Crippen molar-refractivity contribution in [2.24, 2.45) is 0 Å². The number of terminal acetylenes is 1. The van der Waals surface area contributed by atoms with Crippen LogP contribution in [0, 0.1) is 12.3 Å². The van der Waals surface area contributed by atoms with Gasteiger partial charge in [0, 0.05) is 13.5 Å². The summed E-state index contributed by atoms with van der Waals surface area (Å²) in [6, 6.07) is 0. The Balaban J connectivity index is 2.45. The maximum absolute atomic E-state index is 10.2. The van der Waals surface area contributed by atoms with Gasteiger partial charge in [-0.1, -0.05) is 19.3 Å². The summed E-state index contributed by atoms with van der Waals surface area (Å²) in [6.07, 6.45) is 12.8. The highest BCUT2D eigenvalue weighted by Crippen LogP contribution is 2.35. The summed E-state index contributed by atoms with van der Waals surface area (Å²) < 4.78 is 5.57. The van der Waals surface area contributed by atoms with Gasteiger partial charge in [-0.3, -0.25) is 0 Å². The highest BCUT2D eigenvalue weighted by Gasteiger charge is 2.38. The van der Waals surface area contributed by atoms with E-state index in [1.54, 1.807) is 7.11 Å². The first kappa shape index (κ1) is 12.5. The van der Waals surface area contributed by atoms with Gasteiger partial charge in [0.1, 0.15) is 0 Å². The standard InChI is InChI=1S/C13H22O2/c1-3-4-6-9-12(14)13(15-2)10-7-5-8-11-13/h1,12,14H,4-11H2,2H3. The predicted molar refractivity (Wildman–Crippen MR) is 61.5 cm³/mol. The highest BCUT2D eigenvalue weighted by molar-refractivity contribution is 4.92. The van der Waals surface area contributed by atoms with Crippen LogP contribution in [0.3, 0.4) is 0 Å². The molecule has 1 rings (SSSR count). The Morgan fingerprint density at radius 2 is 2.07 bits per heavy atom. The van der Waals surface area contributed by atoms with Crippen LogP contribution in [0.2, 0.25) is 0 Å². The lowest BCUT2D eigenvalue weighted by molar-refractivity contribution is -0.125. The zero-order chi connectivity index (χ0) is 11.1. The van der Waals surface area contributed by atoms with Gasteiger partial charge >= 0.3 is 0 Å². The Hall–Kier alpha value is -0.520. The van der Waals surface area contributed by atoms with Crippen LogP contribution < -0.4 is 0 Å². The number of methoxy groups -OCH3 is 1. The van der Waals surface area contributed by atoms with Gasteiger partial charge in [-0.2, -0.15) is 0 Å². The molecule has 0 spiro atoms. The Kier molecular flexibility index (Phi) is 5.14. The topological polar surface area (TPSA) is 29.5 Å². The smallest absolute Gasteiger partial charge is 0.0936 e. The third kappa shape index (κ3) is 3.22. The van der Waals surface area contributed by atoms with Crippen LogP contribution in [0.25, 0.3) is 0 Å². The lowest BCUT2D eigenvalue weighted by Crippen LogP contribution is -2.45. The predicted octanol–water partition coefficient (Wildman–Crippen LogP) is 2.50. The second-order valence-electron chi connectivity index (χ2n) is 4.44. The molecule has 2 heteroatoms. The van der Waals surface area contributed by atoms with E-state index in [-0.39, 0.29) is 11.7 Å². The fourth-order valence-corrected chi connectivity index (χ4v) is 2.48. The van der Waals surface area contributed by atoms with Crippen LogP contribution in [-0.2, 0) is 4.74 Å². The summed E-state index contributed by atoms with van der Waals surface area (Å²) in [5, 5.41) is 10.2. The quantitative estimate of drug-likeness (QED) is 0.558. The van der Waals surface area contributed by atoms with E-state index in [2.05, 4.69) is 5.92 Å². The molecule has 1 aliphatic carbocycles. The van der Waals surface area contributed by atoms with E-state index in [4.69, 9.17) is 11.2 Å². The maximum Gasteiger partial charge on any atom is 0.0936 e. The molecule has 0 radical (unpaired) electrons. The lowest BCUT2D eigenvalue weighted by atomic mass is 9.79. The molecule has 2 nitrogen and oxygen atoms in total. The molecule has 1 aliphatic rings. The number of ether oxygens (including phenoxy) is 1. The monoisotopic (exact) mass is 210 g/mol. The maximum atomic E-state index is 10.2. The Bertz CT molecular complexity index is 211. The van der Waals surface area contributed by atoms with E-state index < -0.39 is 0 Å². The molecule has 0 aromatic carbocycles. The van der Waals surface area contributed by atoms with Crippen molar-refractivity contribution in [1.82, 2.24) is 0 Å². The van der Waals surface area contributed by atoms with Gasteiger partial charge in [0.25, 0.3) is 0 Å². The van der Waals surface area contributed by atoms with Crippen LogP contribution in [0.5, 0.6) is 0 Å². The van der Waals surface area contributed by atoms with Gasteiger partial charge in [0.15, 0.2) is 0 Å². The molecule has 0 heterocycles. The molecular formula is C13H22O2. The summed E-state index contributed by atoms with van der Waals surface area (Å²) in [5.41, 5.74) is -0.285. The van der Waals surface area contributed by atoms with Gasteiger partial charge in [-0.05, 0) is 25.7 Å². The summed E-state index contributed by atoms with van der Waals surface area (Å²) in [5.74, 6) is 2.60. The second-order valence-corrected chi connectivity index (χ2v) is 4.44. The molecular weight excluding hydrogens is 188 g/mol. The molecule has 86 valence electrons. The fraction of sp³-hybridized carbons (Fsp3) is 0.846. The van der Waals surface area contributed by atoms with Crippen LogP contribution in [-0.4, -0.2) is 23.9 Å². The van der Waals surface area contributed by atoms with Crippen molar-refractivity contribution in [2.75, 3.05) is 7.11 Å². The third-order valence-electron chi connectivity index (χ3n) is 3.51. The van der Waals surface area contributed by atoms with E-state index in [0.717, 1.165) is 32.1 Å². The van der Waals surface area contributed by atoms with Crippen LogP contribution >= 0.6 is 0 Å². The third-order valence-corrected chi connectivity index (χ3v) is 3.51. The molecule has 0 bridgehead atoms. The van der Waals surface area contributed by atoms with Gasteiger partial charge in [0.2, 0.25) is 0 Å². The number of aliphatic hydroxyl groups excluding tert-OH is 1. The first-order valence-corrected chi connectivity index (χ1v) is 5.92. The van der Waals surface area contributed by atoms with E-state index in [0.29, 0.717) is 0 Å². The Morgan fingerprint density at radius 3 is 2.60 bits per heavy atom. The molecule has 0 aliphatic heterocycles. The van der Waals surface area contributed by atoms with Crippen LogP contribution in [0.15, 0.2) is 0 Å². The van der Waals surface area contributed by atoms with E-state index in [1.807, 2.05) is 0 Å². The number of unbranched alkanes of at least 4 members (excludes halogenated alkanes) is 1. The summed E-state index contributed by atoms with van der Waals surface area (Å²) >= 11 is 0. The first-order chi connectivity index (χ1) is 7.25. The first-order valence-electron chi connectivity index (χ1n) is 5.92. The molecule has 1 fully saturated rings. The van der Waals surface area contributed by atoms with E-state index in [1.165, 1.54) is 19.3 Å². The van der Waals surface area contributed by atoms with Gasteiger partial charge in [-0.15, -0.1) is 12.3 Å². The average molecular weight is 210 g/mol. The van der Waals surface area contributed by atoms with Gasteiger partial charge in [-0.25, -0.2) is 0 Å². The zero-order valence-electron chi connectivity index (χ0n) is 9.67. The number of hydrogen-bond donors (Lipinski definition) is 1. The van der Waals surface area contributed by atoms with Crippen molar-refractivity contribution in [3.8, 4) is 12.3 Å². The molecule has 0 saturated heterocycles. The van der Waals surface area contributed by atoms with Crippen molar-refractivity contribution in [1.29, 1.82) is 0 Å². The minimum absolute atomic E-state index is 0.285. The highest BCUT2D eigenvalue weighted by atomic mass is 16.5. The SMILES string of the molecule is C#CCCCC(O)C1(OC)CCCCC1. The molecule has 15 heavy (non-hydrogen) atoms. The largest absolute Gasteiger partial charge is 0.390 e. The summed E-state index contributed by atoms with van der Waals surface area (Å²) in [6.45, 7) is 0. The molecule has 1 unspecified atom stereocenters. The van der Waals surface area contributed by atoms with Crippen molar-refractivity contribution >= 4 is 0 Å².